The SMILES string of the molecule is CC(CNC(=O)c1ccc(C(N)=S)cc1)c1ccccc1. The summed E-state index contributed by atoms with van der Waals surface area (Å²) in [5.41, 5.74) is 8.11. The lowest BCUT2D eigenvalue weighted by Crippen LogP contribution is -2.27. The van der Waals surface area contributed by atoms with Crippen molar-refractivity contribution in [1.82, 2.24) is 5.32 Å². The van der Waals surface area contributed by atoms with Gasteiger partial charge in [0.2, 0.25) is 0 Å². The zero-order chi connectivity index (χ0) is 15.2. The Morgan fingerprint density at radius 2 is 1.67 bits per heavy atom. The second-order valence-electron chi connectivity index (χ2n) is 4.96. The Bertz CT molecular complexity index is 623. The van der Waals surface area contributed by atoms with Crippen LogP contribution in [0.2, 0.25) is 0 Å². The van der Waals surface area contributed by atoms with E-state index in [4.69, 9.17) is 18.0 Å². The van der Waals surface area contributed by atoms with Crippen molar-refractivity contribution in [1.29, 1.82) is 0 Å². The van der Waals surface area contributed by atoms with Gasteiger partial charge in [0.1, 0.15) is 4.99 Å². The third-order valence-electron chi connectivity index (χ3n) is 3.37. The number of nitrogens with two attached hydrogens (primary N) is 1. The maximum Gasteiger partial charge on any atom is 0.251 e. The number of rotatable bonds is 5. The molecular formula is C17H18N2OS. The van der Waals surface area contributed by atoms with E-state index in [1.165, 1.54) is 5.56 Å². The Kier molecular flexibility index (Phi) is 5.06. The van der Waals surface area contributed by atoms with Crippen LogP contribution in [0.4, 0.5) is 0 Å². The minimum Gasteiger partial charge on any atom is -0.389 e. The molecule has 0 saturated carbocycles. The van der Waals surface area contributed by atoms with Crippen LogP contribution < -0.4 is 11.1 Å². The van der Waals surface area contributed by atoms with Crippen molar-refractivity contribution in [3.63, 3.8) is 0 Å². The fraction of sp³-hybridized carbons (Fsp3) is 0.176. The maximum atomic E-state index is 12.1. The van der Waals surface area contributed by atoms with Crippen LogP contribution in [0, 0.1) is 0 Å². The summed E-state index contributed by atoms with van der Waals surface area (Å²) in [7, 11) is 0. The number of amides is 1. The summed E-state index contributed by atoms with van der Waals surface area (Å²) in [4.78, 5) is 12.4. The molecule has 1 atom stereocenters. The first kappa shape index (κ1) is 15.2. The van der Waals surface area contributed by atoms with Crippen LogP contribution in [0.25, 0.3) is 0 Å². The minimum atomic E-state index is -0.0905. The summed E-state index contributed by atoms with van der Waals surface area (Å²) in [6.45, 7) is 2.69. The lowest BCUT2D eigenvalue weighted by molar-refractivity contribution is 0.0951. The van der Waals surface area contributed by atoms with Crippen molar-refractivity contribution in [2.75, 3.05) is 6.54 Å². The second kappa shape index (κ2) is 6.99. The van der Waals surface area contributed by atoms with Gasteiger partial charge in [-0.15, -0.1) is 0 Å². The minimum absolute atomic E-state index is 0.0905. The van der Waals surface area contributed by atoms with Crippen LogP contribution in [0.3, 0.4) is 0 Å². The molecule has 1 unspecified atom stereocenters. The molecule has 0 spiro atoms. The number of thiocarbonyl (C=S) groups is 1. The Hall–Kier alpha value is -2.20. The fourth-order valence-corrected chi connectivity index (χ4v) is 2.17. The van der Waals surface area contributed by atoms with Crippen LogP contribution in [0.15, 0.2) is 54.6 Å². The molecule has 0 aliphatic carbocycles. The first-order chi connectivity index (χ1) is 10.1. The molecule has 0 fully saturated rings. The molecule has 108 valence electrons. The van der Waals surface area contributed by atoms with Crippen molar-refractivity contribution in [3.05, 3.63) is 71.3 Å². The van der Waals surface area contributed by atoms with E-state index >= 15 is 0 Å². The van der Waals surface area contributed by atoms with Gasteiger partial charge in [0.25, 0.3) is 5.91 Å². The van der Waals surface area contributed by atoms with Crippen LogP contribution in [-0.4, -0.2) is 17.4 Å². The first-order valence-electron chi connectivity index (χ1n) is 6.81. The third-order valence-corrected chi connectivity index (χ3v) is 3.60. The lowest BCUT2D eigenvalue weighted by atomic mass is 10.0. The third kappa shape index (κ3) is 4.13. The Labute approximate surface area is 130 Å². The molecule has 3 N–H and O–H groups in total. The van der Waals surface area contributed by atoms with Gasteiger partial charge < -0.3 is 11.1 Å². The highest BCUT2D eigenvalue weighted by atomic mass is 32.1. The fourth-order valence-electron chi connectivity index (χ4n) is 2.03. The van der Waals surface area contributed by atoms with Crippen LogP contribution in [0.1, 0.15) is 34.3 Å². The summed E-state index contributed by atoms with van der Waals surface area (Å²) in [6.07, 6.45) is 0. The molecule has 2 rings (SSSR count). The number of nitrogens with one attached hydrogen (secondary N) is 1. The van der Waals surface area contributed by atoms with E-state index in [-0.39, 0.29) is 11.8 Å². The highest BCUT2D eigenvalue weighted by molar-refractivity contribution is 7.80. The standard InChI is InChI=1S/C17H18N2OS/c1-12(13-5-3-2-4-6-13)11-19-17(20)15-9-7-14(8-10-15)16(18)21/h2-10,12H,11H2,1H3,(H2,18,21)(H,19,20). The van der Waals surface area contributed by atoms with Crippen LogP contribution >= 0.6 is 12.2 Å². The normalized spacial score (nSPS) is 11.7. The molecule has 0 aliphatic rings. The van der Waals surface area contributed by atoms with Gasteiger partial charge in [0.05, 0.1) is 0 Å². The van der Waals surface area contributed by atoms with E-state index in [1.54, 1.807) is 24.3 Å². The molecule has 21 heavy (non-hydrogen) atoms. The van der Waals surface area contributed by atoms with E-state index in [9.17, 15) is 4.79 Å². The number of benzene rings is 2. The number of hydrogen-bond donors (Lipinski definition) is 2. The number of carbonyl (C=O) groups is 1. The molecule has 1 amide bonds. The molecular weight excluding hydrogens is 280 g/mol. The topological polar surface area (TPSA) is 55.1 Å². The van der Waals surface area contributed by atoms with Gasteiger partial charge in [0, 0.05) is 17.7 Å². The highest BCUT2D eigenvalue weighted by Crippen LogP contribution is 2.13. The predicted octanol–water partition coefficient (Wildman–Crippen LogP) is 2.85. The maximum absolute atomic E-state index is 12.1. The summed E-state index contributed by atoms with van der Waals surface area (Å²) in [6, 6.07) is 17.1. The molecule has 0 saturated heterocycles. The van der Waals surface area contributed by atoms with E-state index in [0.717, 1.165) is 5.56 Å². The Morgan fingerprint density at radius 3 is 2.24 bits per heavy atom. The Morgan fingerprint density at radius 1 is 1.10 bits per heavy atom. The quantitative estimate of drug-likeness (QED) is 0.835. The average Bonchev–Trinajstić information content (AvgIpc) is 2.53. The first-order valence-corrected chi connectivity index (χ1v) is 7.22. The van der Waals surface area contributed by atoms with E-state index in [2.05, 4.69) is 24.4 Å². The van der Waals surface area contributed by atoms with Crippen LogP contribution in [-0.2, 0) is 0 Å². The highest BCUT2D eigenvalue weighted by Gasteiger charge is 2.09. The van der Waals surface area contributed by atoms with Gasteiger partial charge in [0.15, 0.2) is 0 Å². The van der Waals surface area contributed by atoms with Crippen LogP contribution in [0.5, 0.6) is 0 Å². The second-order valence-corrected chi connectivity index (χ2v) is 5.40. The van der Waals surface area contributed by atoms with Gasteiger partial charge in [-0.3, -0.25) is 4.79 Å². The monoisotopic (exact) mass is 298 g/mol. The molecule has 0 radical (unpaired) electrons. The zero-order valence-corrected chi connectivity index (χ0v) is 12.7. The van der Waals surface area contributed by atoms with Gasteiger partial charge in [-0.05, 0) is 23.6 Å². The summed E-state index contributed by atoms with van der Waals surface area (Å²) in [5, 5.41) is 2.94. The van der Waals surface area contributed by atoms with Crippen molar-refractivity contribution in [2.45, 2.75) is 12.8 Å². The Balaban J connectivity index is 1.94. The molecule has 0 heterocycles. The van der Waals surface area contributed by atoms with Gasteiger partial charge in [-0.1, -0.05) is 61.6 Å². The molecule has 0 aliphatic heterocycles. The smallest absolute Gasteiger partial charge is 0.251 e. The number of carbonyl (C=O) groups excluding carboxylic acids is 1. The largest absolute Gasteiger partial charge is 0.389 e. The van der Waals surface area contributed by atoms with Gasteiger partial charge in [-0.25, -0.2) is 0 Å². The van der Waals surface area contributed by atoms with E-state index in [0.29, 0.717) is 17.1 Å². The molecule has 4 heteroatoms. The van der Waals surface area contributed by atoms with E-state index in [1.807, 2.05) is 18.2 Å². The predicted molar refractivity (Wildman–Crippen MR) is 89.5 cm³/mol. The summed E-state index contributed by atoms with van der Waals surface area (Å²) < 4.78 is 0. The van der Waals surface area contributed by atoms with Gasteiger partial charge in [-0.2, -0.15) is 0 Å². The summed E-state index contributed by atoms with van der Waals surface area (Å²) in [5.74, 6) is 0.179. The van der Waals surface area contributed by atoms with Crippen molar-refractivity contribution in [2.24, 2.45) is 5.73 Å². The molecule has 0 bridgehead atoms. The van der Waals surface area contributed by atoms with Crippen molar-refractivity contribution in [3.8, 4) is 0 Å². The molecule has 3 nitrogen and oxygen atoms in total. The number of hydrogen-bond acceptors (Lipinski definition) is 2. The average molecular weight is 298 g/mol. The van der Waals surface area contributed by atoms with Gasteiger partial charge >= 0.3 is 0 Å². The molecule has 2 aromatic carbocycles. The molecule has 2 aromatic rings. The summed E-state index contributed by atoms with van der Waals surface area (Å²) >= 11 is 4.89. The van der Waals surface area contributed by atoms with Crippen molar-refractivity contribution >= 4 is 23.1 Å². The van der Waals surface area contributed by atoms with Crippen molar-refractivity contribution < 1.29 is 4.79 Å². The zero-order valence-electron chi connectivity index (χ0n) is 11.9. The van der Waals surface area contributed by atoms with E-state index < -0.39 is 0 Å². The lowest BCUT2D eigenvalue weighted by Gasteiger charge is -2.13. The molecule has 0 aromatic heterocycles.